The van der Waals surface area contributed by atoms with Crippen molar-refractivity contribution in [2.75, 3.05) is 5.32 Å². The lowest BCUT2D eigenvalue weighted by atomic mass is 9.93. The summed E-state index contributed by atoms with van der Waals surface area (Å²) in [6.07, 6.45) is 2.39. The number of carbonyl (C=O) groups is 2. The maximum atomic E-state index is 13.7. The summed E-state index contributed by atoms with van der Waals surface area (Å²) in [5, 5.41) is 23.5. The van der Waals surface area contributed by atoms with Crippen LogP contribution in [0.4, 0.5) is 14.9 Å². The smallest absolute Gasteiger partial charge is 0.337 e. The zero-order valence-electron chi connectivity index (χ0n) is 11.3. The number of amides is 2. The minimum absolute atomic E-state index is 0.325. The quantitative estimate of drug-likeness (QED) is 0.685. The molecule has 0 spiro atoms. The molecule has 2 amide bonds. The van der Waals surface area contributed by atoms with E-state index in [4.69, 9.17) is 5.11 Å². The fraction of sp³-hybridized carbons (Fsp3) is 0.429. The number of anilines is 1. The highest BCUT2D eigenvalue weighted by Gasteiger charge is 2.25. The molecule has 0 heterocycles. The minimum Gasteiger partial charge on any atom is -0.478 e. The maximum absolute atomic E-state index is 13.7. The zero-order chi connectivity index (χ0) is 15.4. The summed E-state index contributed by atoms with van der Waals surface area (Å²) < 4.78 is 13.7. The Kier molecular flexibility index (Phi) is 4.74. The molecule has 114 valence electrons. The number of carboxylic acids is 1. The van der Waals surface area contributed by atoms with Gasteiger partial charge in [0.1, 0.15) is 5.82 Å². The predicted molar refractivity (Wildman–Crippen MR) is 73.8 cm³/mol. The van der Waals surface area contributed by atoms with Crippen molar-refractivity contribution in [2.45, 2.75) is 37.8 Å². The monoisotopic (exact) mass is 296 g/mol. The first-order chi connectivity index (χ1) is 9.99. The maximum Gasteiger partial charge on any atom is 0.337 e. The number of rotatable bonds is 3. The third kappa shape index (κ3) is 3.69. The number of hydrogen-bond acceptors (Lipinski definition) is 3. The van der Waals surface area contributed by atoms with E-state index in [0.29, 0.717) is 12.8 Å². The molecule has 6 nitrogen and oxygen atoms in total. The first kappa shape index (κ1) is 15.2. The number of carboxylic acid groups (broad SMARTS) is 1. The van der Waals surface area contributed by atoms with Crippen LogP contribution in [-0.4, -0.2) is 34.4 Å². The van der Waals surface area contributed by atoms with E-state index in [-0.39, 0.29) is 11.3 Å². The summed E-state index contributed by atoms with van der Waals surface area (Å²) in [5.41, 5.74) is -0.706. The second-order valence-corrected chi connectivity index (χ2v) is 5.02. The molecule has 2 atom stereocenters. The summed E-state index contributed by atoms with van der Waals surface area (Å²) in [7, 11) is 0. The van der Waals surface area contributed by atoms with E-state index in [0.717, 1.165) is 18.9 Å². The third-order valence-electron chi connectivity index (χ3n) is 3.53. The molecule has 7 heteroatoms. The third-order valence-corrected chi connectivity index (χ3v) is 3.53. The lowest BCUT2D eigenvalue weighted by molar-refractivity contribution is 0.0697. The Morgan fingerprint density at radius 2 is 1.95 bits per heavy atom. The molecule has 0 aliphatic heterocycles. The first-order valence-corrected chi connectivity index (χ1v) is 6.76. The van der Waals surface area contributed by atoms with Gasteiger partial charge in [0.05, 0.1) is 23.4 Å². The van der Waals surface area contributed by atoms with Crippen molar-refractivity contribution in [3.05, 3.63) is 29.6 Å². The Bertz CT molecular complexity index is 550. The molecule has 1 saturated carbocycles. The van der Waals surface area contributed by atoms with E-state index >= 15 is 0 Å². The molecule has 1 aromatic rings. The highest BCUT2D eigenvalue weighted by Crippen LogP contribution is 2.21. The average Bonchev–Trinajstić information content (AvgIpc) is 2.43. The number of carbonyl (C=O) groups excluding carboxylic acids is 1. The normalized spacial score (nSPS) is 21.6. The lowest BCUT2D eigenvalue weighted by Gasteiger charge is -2.28. The lowest BCUT2D eigenvalue weighted by Crippen LogP contribution is -2.46. The molecule has 0 radical (unpaired) electrons. The Labute approximate surface area is 121 Å². The molecule has 1 fully saturated rings. The highest BCUT2D eigenvalue weighted by molar-refractivity contribution is 6.00. The van der Waals surface area contributed by atoms with Crippen molar-refractivity contribution in [1.29, 1.82) is 0 Å². The van der Waals surface area contributed by atoms with Crippen LogP contribution in [0.1, 0.15) is 36.0 Å². The molecule has 21 heavy (non-hydrogen) atoms. The molecule has 0 saturated heterocycles. The number of aromatic carboxylic acids is 1. The standard InChI is InChI=1S/C14H17FN2O4/c15-9-5-3-4-8(13(19)20)12(9)17-14(21)16-10-6-1-2-7-11(10)18/h3-5,10-11,18H,1-2,6-7H2,(H,19,20)(H2,16,17,21). The topological polar surface area (TPSA) is 98.7 Å². The van der Waals surface area contributed by atoms with Gasteiger partial charge in [-0.2, -0.15) is 0 Å². The SMILES string of the molecule is O=C(Nc1c(F)cccc1C(=O)O)NC1CCCCC1O. The van der Waals surface area contributed by atoms with E-state index in [1.54, 1.807) is 0 Å². The Morgan fingerprint density at radius 1 is 1.24 bits per heavy atom. The van der Waals surface area contributed by atoms with E-state index in [2.05, 4.69) is 10.6 Å². The van der Waals surface area contributed by atoms with Gasteiger partial charge in [0.25, 0.3) is 0 Å². The van der Waals surface area contributed by atoms with Crippen LogP contribution in [0.5, 0.6) is 0 Å². The molecule has 2 unspecified atom stereocenters. The van der Waals surface area contributed by atoms with Crippen molar-refractivity contribution in [2.24, 2.45) is 0 Å². The molecule has 1 aliphatic rings. The molecular formula is C14H17FN2O4. The van der Waals surface area contributed by atoms with Crippen molar-refractivity contribution in [3.8, 4) is 0 Å². The van der Waals surface area contributed by atoms with Crippen molar-refractivity contribution >= 4 is 17.7 Å². The minimum atomic E-state index is -1.33. The van der Waals surface area contributed by atoms with E-state index < -0.39 is 30.0 Å². The van der Waals surface area contributed by atoms with Crippen LogP contribution < -0.4 is 10.6 Å². The van der Waals surface area contributed by atoms with Gasteiger partial charge in [-0.3, -0.25) is 0 Å². The zero-order valence-corrected chi connectivity index (χ0v) is 11.3. The fourth-order valence-electron chi connectivity index (χ4n) is 2.43. The van der Waals surface area contributed by atoms with E-state index in [1.807, 2.05) is 0 Å². The first-order valence-electron chi connectivity index (χ1n) is 6.76. The van der Waals surface area contributed by atoms with Gasteiger partial charge in [0.15, 0.2) is 0 Å². The molecule has 0 aromatic heterocycles. The van der Waals surface area contributed by atoms with Crippen molar-refractivity contribution in [3.63, 3.8) is 0 Å². The van der Waals surface area contributed by atoms with Gasteiger partial charge in [-0.05, 0) is 25.0 Å². The number of urea groups is 1. The van der Waals surface area contributed by atoms with Crippen LogP contribution in [0, 0.1) is 5.82 Å². The van der Waals surface area contributed by atoms with Gasteiger partial charge in [0.2, 0.25) is 0 Å². The second kappa shape index (κ2) is 6.53. The number of halogens is 1. The summed E-state index contributed by atoms with van der Waals surface area (Å²) >= 11 is 0. The number of benzene rings is 1. The summed E-state index contributed by atoms with van der Waals surface area (Å²) in [6, 6.07) is 2.40. The van der Waals surface area contributed by atoms with Crippen molar-refractivity contribution in [1.82, 2.24) is 5.32 Å². The number of aliphatic hydroxyl groups is 1. The van der Waals surface area contributed by atoms with Crippen LogP contribution in [0.3, 0.4) is 0 Å². The van der Waals surface area contributed by atoms with Gasteiger partial charge in [-0.15, -0.1) is 0 Å². The fourth-order valence-corrected chi connectivity index (χ4v) is 2.43. The van der Waals surface area contributed by atoms with Gasteiger partial charge in [0, 0.05) is 0 Å². The molecule has 1 aromatic carbocycles. The predicted octanol–water partition coefficient (Wildman–Crippen LogP) is 1.95. The number of para-hydroxylation sites is 1. The molecule has 4 N–H and O–H groups in total. The Balaban J connectivity index is 2.07. The molecule has 0 bridgehead atoms. The molecule has 1 aliphatic carbocycles. The number of nitrogens with one attached hydrogen (secondary N) is 2. The van der Waals surface area contributed by atoms with E-state index in [9.17, 15) is 19.1 Å². The Morgan fingerprint density at radius 3 is 2.62 bits per heavy atom. The summed E-state index contributed by atoms with van der Waals surface area (Å²) in [6.45, 7) is 0. The highest BCUT2D eigenvalue weighted by atomic mass is 19.1. The van der Waals surface area contributed by atoms with Gasteiger partial charge < -0.3 is 20.8 Å². The summed E-state index contributed by atoms with van der Waals surface area (Å²) in [4.78, 5) is 22.9. The Hall–Kier alpha value is -2.15. The number of hydrogen-bond donors (Lipinski definition) is 4. The van der Waals surface area contributed by atoms with Crippen LogP contribution in [-0.2, 0) is 0 Å². The van der Waals surface area contributed by atoms with Crippen LogP contribution >= 0.6 is 0 Å². The van der Waals surface area contributed by atoms with E-state index in [1.165, 1.54) is 12.1 Å². The number of aliphatic hydroxyl groups excluding tert-OH is 1. The van der Waals surface area contributed by atoms with Crippen molar-refractivity contribution < 1.29 is 24.2 Å². The summed E-state index contributed by atoms with van der Waals surface area (Å²) in [5.74, 6) is -2.16. The average molecular weight is 296 g/mol. The molecule has 2 rings (SSSR count). The largest absolute Gasteiger partial charge is 0.478 e. The second-order valence-electron chi connectivity index (χ2n) is 5.02. The van der Waals surface area contributed by atoms with Gasteiger partial charge in [-0.1, -0.05) is 18.9 Å². The van der Waals surface area contributed by atoms with Crippen LogP contribution in [0.25, 0.3) is 0 Å². The molecular weight excluding hydrogens is 279 g/mol. The van der Waals surface area contributed by atoms with Crippen LogP contribution in [0.2, 0.25) is 0 Å². The van der Waals surface area contributed by atoms with Gasteiger partial charge in [-0.25, -0.2) is 14.0 Å². The van der Waals surface area contributed by atoms with Crippen LogP contribution in [0.15, 0.2) is 18.2 Å². The van der Waals surface area contributed by atoms with Gasteiger partial charge >= 0.3 is 12.0 Å².